The number of benzene rings is 3. The second-order valence-corrected chi connectivity index (χ2v) is 10.2. The first-order valence-corrected chi connectivity index (χ1v) is 12.5. The molecule has 41 heavy (non-hydrogen) atoms. The number of hydrogen-bond donors (Lipinski definition) is 8. The number of aliphatic hydroxyl groups is 2. The van der Waals surface area contributed by atoms with Crippen LogP contribution in [-0.2, 0) is 12.8 Å². The maximum absolute atomic E-state index is 13.3. The molecule has 12 nitrogen and oxygen atoms in total. The summed E-state index contributed by atoms with van der Waals surface area (Å²) in [6.07, 6.45) is -5.27. The SMILES string of the molecule is O=c1c([OH2+])cc([C@H]2Oc3cc(O)cc(O)c3CC2O)cc2c([C@H]3Oc4cc(O)cc(O)c4C[C@H]3O)cc(O)c(O)c12. The van der Waals surface area contributed by atoms with Crippen LogP contribution < -0.4 is 14.9 Å². The van der Waals surface area contributed by atoms with E-state index >= 15 is 0 Å². The Hall–Kier alpha value is -5.07. The first-order valence-electron chi connectivity index (χ1n) is 12.5. The molecule has 0 radical (unpaired) electrons. The third-order valence-electron chi connectivity index (χ3n) is 7.45. The Bertz CT molecular complexity index is 1800. The first-order chi connectivity index (χ1) is 19.4. The fourth-order valence-electron chi connectivity index (χ4n) is 5.53. The number of phenols is 6. The Labute approximate surface area is 230 Å². The molecule has 0 aliphatic carbocycles. The minimum atomic E-state index is -1.32. The van der Waals surface area contributed by atoms with Crippen LogP contribution in [0, 0.1) is 0 Å². The van der Waals surface area contributed by atoms with Crippen LogP contribution in [0.3, 0.4) is 0 Å². The maximum atomic E-state index is 13.3. The summed E-state index contributed by atoms with van der Waals surface area (Å²) >= 11 is 0. The highest BCUT2D eigenvalue weighted by Gasteiger charge is 2.37. The van der Waals surface area contributed by atoms with Gasteiger partial charge in [0, 0.05) is 65.4 Å². The van der Waals surface area contributed by atoms with Crippen molar-refractivity contribution in [3.63, 3.8) is 0 Å². The fourth-order valence-corrected chi connectivity index (χ4v) is 5.53. The average molecular weight is 566 g/mol. The highest BCUT2D eigenvalue weighted by atomic mass is 16.5. The molecule has 0 saturated heterocycles. The van der Waals surface area contributed by atoms with Crippen molar-refractivity contribution >= 4 is 10.8 Å². The molecule has 1 unspecified atom stereocenters. The average Bonchev–Trinajstić information content (AvgIpc) is 3.03. The monoisotopic (exact) mass is 565 g/mol. The Morgan fingerprint density at radius 1 is 0.683 bits per heavy atom. The molecule has 4 aromatic carbocycles. The summed E-state index contributed by atoms with van der Waals surface area (Å²) in [5.74, 6) is -3.18. The van der Waals surface area contributed by atoms with Gasteiger partial charge < -0.3 is 55.4 Å². The van der Waals surface area contributed by atoms with Crippen molar-refractivity contribution in [2.24, 2.45) is 0 Å². The van der Waals surface area contributed by atoms with E-state index in [0.717, 1.165) is 24.3 Å². The van der Waals surface area contributed by atoms with Gasteiger partial charge in [-0.25, -0.2) is 0 Å². The third kappa shape index (κ3) is 4.20. The van der Waals surface area contributed by atoms with E-state index in [1.807, 2.05) is 0 Å². The van der Waals surface area contributed by atoms with Crippen molar-refractivity contribution in [3.05, 3.63) is 74.9 Å². The molecule has 2 aliphatic heterocycles. The predicted octanol–water partition coefficient (Wildman–Crippen LogP) is 1.95. The lowest BCUT2D eigenvalue weighted by atomic mass is 9.90. The molecule has 10 N–H and O–H groups in total. The molecule has 0 fully saturated rings. The maximum Gasteiger partial charge on any atom is 0.303 e. The lowest BCUT2D eigenvalue weighted by Gasteiger charge is -2.32. The van der Waals surface area contributed by atoms with Gasteiger partial charge in [-0.3, -0.25) is 4.79 Å². The van der Waals surface area contributed by atoms with E-state index in [-0.39, 0.29) is 75.0 Å². The normalized spacial score (nSPS) is 21.4. The molecule has 212 valence electrons. The molecule has 0 amide bonds. The fraction of sp³-hybridized carbons (Fsp3) is 0.207. The molecule has 0 aromatic heterocycles. The number of hydrogen-bond acceptors (Lipinski definition) is 11. The lowest BCUT2D eigenvalue weighted by molar-refractivity contribution is 0.0193. The molecule has 0 saturated carbocycles. The van der Waals surface area contributed by atoms with Gasteiger partial charge in [0.25, 0.3) is 5.43 Å². The quantitative estimate of drug-likeness (QED) is 0.130. The molecule has 0 spiro atoms. The predicted molar refractivity (Wildman–Crippen MR) is 142 cm³/mol. The summed E-state index contributed by atoms with van der Waals surface area (Å²) in [5.41, 5.74) is -0.351. The molecule has 2 heterocycles. The Morgan fingerprint density at radius 2 is 1.22 bits per heavy atom. The van der Waals surface area contributed by atoms with Crippen LogP contribution in [0.15, 0.2) is 47.3 Å². The Kier molecular flexibility index (Phi) is 5.90. The lowest BCUT2D eigenvalue weighted by Crippen LogP contribution is -2.31. The van der Waals surface area contributed by atoms with E-state index in [2.05, 4.69) is 0 Å². The first kappa shape index (κ1) is 26.2. The van der Waals surface area contributed by atoms with Crippen molar-refractivity contribution in [2.75, 3.05) is 0 Å². The van der Waals surface area contributed by atoms with Gasteiger partial charge in [-0.05, 0) is 17.5 Å². The van der Waals surface area contributed by atoms with Crippen LogP contribution in [0.4, 0.5) is 0 Å². The van der Waals surface area contributed by atoms with E-state index < -0.39 is 52.5 Å². The number of phenolic OH excluding ortho intramolecular Hbond substituents is 6. The summed E-state index contributed by atoms with van der Waals surface area (Å²) < 4.78 is 11.8. The van der Waals surface area contributed by atoms with Crippen molar-refractivity contribution in [1.82, 2.24) is 0 Å². The van der Waals surface area contributed by atoms with Gasteiger partial charge in [0.05, 0.1) is 17.6 Å². The summed E-state index contributed by atoms with van der Waals surface area (Å²) in [4.78, 5) is 13.3. The van der Waals surface area contributed by atoms with Gasteiger partial charge in [0.15, 0.2) is 23.7 Å². The third-order valence-corrected chi connectivity index (χ3v) is 7.45. The van der Waals surface area contributed by atoms with Gasteiger partial charge in [0.2, 0.25) is 0 Å². The van der Waals surface area contributed by atoms with Crippen LogP contribution in [0.2, 0.25) is 0 Å². The van der Waals surface area contributed by atoms with E-state index in [9.17, 15) is 45.6 Å². The second kappa shape index (κ2) is 9.25. The molecular weight excluding hydrogens is 540 g/mol. The number of aromatic hydroxyl groups is 6. The zero-order valence-electron chi connectivity index (χ0n) is 21.1. The zero-order chi connectivity index (χ0) is 29.3. The number of rotatable bonds is 2. The summed E-state index contributed by atoms with van der Waals surface area (Å²) in [7, 11) is 0. The second-order valence-electron chi connectivity index (χ2n) is 10.2. The van der Waals surface area contributed by atoms with Crippen LogP contribution >= 0.6 is 0 Å². The zero-order valence-corrected chi connectivity index (χ0v) is 21.1. The smallest absolute Gasteiger partial charge is 0.303 e. The summed E-state index contributed by atoms with van der Waals surface area (Å²) in [6, 6.07) is 8.26. The van der Waals surface area contributed by atoms with Crippen molar-refractivity contribution in [1.29, 1.82) is 0 Å². The molecule has 4 aromatic rings. The van der Waals surface area contributed by atoms with Crippen LogP contribution in [0.25, 0.3) is 10.8 Å². The summed E-state index contributed by atoms with van der Waals surface area (Å²) in [6.45, 7) is 0. The van der Waals surface area contributed by atoms with Crippen LogP contribution in [0.5, 0.6) is 51.7 Å². The molecule has 2 aliphatic rings. The van der Waals surface area contributed by atoms with Gasteiger partial charge in [-0.1, -0.05) is 0 Å². The molecule has 0 bridgehead atoms. The highest BCUT2D eigenvalue weighted by molar-refractivity contribution is 5.94. The van der Waals surface area contributed by atoms with E-state index in [4.69, 9.17) is 14.6 Å². The van der Waals surface area contributed by atoms with Crippen molar-refractivity contribution in [3.8, 4) is 51.7 Å². The number of aliphatic hydroxyl groups excluding tert-OH is 2. The van der Waals surface area contributed by atoms with E-state index in [1.54, 1.807) is 0 Å². The van der Waals surface area contributed by atoms with E-state index in [1.165, 1.54) is 18.2 Å². The van der Waals surface area contributed by atoms with Gasteiger partial charge >= 0.3 is 5.75 Å². The molecule has 4 atom stereocenters. The van der Waals surface area contributed by atoms with Crippen molar-refractivity contribution in [2.45, 2.75) is 37.3 Å². The van der Waals surface area contributed by atoms with E-state index in [0.29, 0.717) is 0 Å². The van der Waals surface area contributed by atoms with Crippen molar-refractivity contribution < 1.29 is 55.4 Å². The minimum Gasteiger partial charge on any atom is -0.591 e. The van der Waals surface area contributed by atoms with Crippen LogP contribution in [0.1, 0.15) is 34.5 Å². The van der Waals surface area contributed by atoms with Crippen LogP contribution in [-0.4, -0.2) is 58.2 Å². The highest BCUT2D eigenvalue weighted by Crippen LogP contribution is 2.47. The number of ether oxygens (including phenoxy) is 2. The standard InChI is InChI=1S/C29H24O12/c30-11-3-17(32)15-8-21(36)28(40-23(15)5-11)10-1-13-14(7-20(35)27(39)25(13)26(38)19(34)2-10)29-22(37)9-16-18(33)4-12(31)6-24(16)41-29/h1-7,21-22,28-33,35-37,39H,8-9H2,(H,34,38)/p+1/t21?,22-,28-,29-/m1/s1. The molecule has 12 heteroatoms. The topological polar surface area (TPSA) is 220 Å². The largest absolute Gasteiger partial charge is 0.591 e. The minimum absolute atomic E-state index is 0.0315. The van der Waals surface area contributed by atoms with Gasteiger partial charge in [-0.2, -0.15) is 0 Å². The molecule has 6 rings (SSSR count). The Balaban J connectivity index is 1.56. The Morgan fingerprint density at radius 3 is 1.80 bits per heavy atom. The summed E-state index contributed by atoms with van der Waals surface area (Å²) in [5, 5.41) is 91.4. The molecular formula is C29H25O12+. The van der Waals surface area contributed by atoms with Gasteiger partial charge in [-0.15, -0.1) is 0 Å². The number of fused-ring (bicyclic) bond motifs is 3. The van der Waals surface area contributed by atoms with Gasteiger partial charge in [0.1, 0.15) is 34.5 Å².